The summed E-state index contributed by atoms with van der Waals surface area (Å²) in [5.74, 6) is 1.54. The lowest BCUT2D eigenvalue weighted by Crippen LogP contribution is -2.33. The summed E-state index contributed by atoms with van der Waals surface area (Å²) in [7, 11) is 0. The second-order valence-corrected chi connectivity index (χ2v) is 8.61. The number of carbonyl (C=O) groups is 1. The van der Waals surface area contributed by atoms with Crippen molar-refractivity contribution in [2.45, 2.75) is 46.7 Å². The van der Waals surface area contributed by atoms with E-state index in [1.165, 1.54) is 26.6 Å². The number of rotatable bonds is 5. The molecule has 3 aromatic rings. The average molecular weight is 411 g/mol. The van der Waals surface area contributed by atoms with Crippen LogP contribution in [0.5, 0.6) is 0 Å². The molecule has 152 valence electrons. The van der Waals surface area contributed by atoms with E-state index < -0.39 is 0 Å². The number of carbonyl (C=O) groups excluding carboxylic acids is 1. The Hall–Kier alpha value is -2.51. The first-order valence-electron chi connectivity index (χ1n) is 9.96. The zero-order valence-corrected chi connectivity index (χ0v) is 18.1. The molecule has 2 aromatic heterocycles. The van der Waals surface area contributed by atoms with E-state index in [1.807, 2.05) is 19.9 Å². The van der Waals surface area contributed by atoms with Crippen molar-refractivity contribution in [1.82, 2.24) is 19.7 Å². The molecule has 0 bridgehead atoms. The second kappa shape index (κ2) is 8.08. The molecule has 1 aliphatic rings. The molecule has 0 unspecified atom stereocenters. The molecule has 3 heterocycles. The number of hydrogen-bond donors (Lipinski definition) is 0. The summed E-state index contributed by atoms with van der Waals surface area (Å²) < 4.78 is 7.39. The molecule has 0 radical (unpaired) electrons. The SMILES string of the molecule is CCOC(=O)CN1Cc2c(sc(C)c2Cc2ccccc2)-n2c(C)nnc2[C@@H]1C. The van der Waals surface area contributed by atoms with E-state index in [-0.39, 0.29) is 18.6 Å². The van der Waals surface area contributed by atoms with Gasteiger partial charge in [-0.25, -0.2) is 0 Å². The highest BCUT2D eigenvalue weighted by atomic mass is 32.1. The Morgan fingerprint density at radius 1 is 1.24 bits per heavy atom. The fourth-order valence-corrected chi connectivity index (χ4v) is 5.19. The summed E-state index contributed by atoms with van der Waals surface area (Å²) in [6.07, 6.45) is 0.872. The molecular formula is C22H26N4O2S. The quantitative estimate of drug-likeness (QED) is 0.596. The van der Waals surface area contributed by atoms with Crippen LogP contribution in [0.15, 0.2) is 30.3 Å². The molecule has 0 fully saturated rings. The van der Waals surface area contributed by atoms with E-state index in [9.17, 15) is 4.79 Å². The molecule has 0 saturated carbocycles. The zero-order valence-electron chi connectivity index (χ0n) is 17.3. The molecule has 0 saturated heterocycles. The van der Waals surface area contributed by atoms with Gasteiger partial charge in [-0.3, -0.25) is 14.3 Å². The van der Waals surface area contributed by atoms with Gasteiger partial charge in [-0.1, -0.05) is 30.3 Å². The first-order valence-corrected chi connectivity index (χ1v) is 10.8. The lowest BCUT2D eigenvalue weighted by molar-refractivity contribution is -0.145. The van der Waals surface area contributed by atoms with Crippen LogP contribution in [0.2, 0.25) is 0 Å². The maximum Gasteiger partial charge on any atom is 0.320 e. The van der Waals surface area contributed by atoms with Crippen molar-refractivity contribution in [2.75, 3.05) is 13.2 Å². The van der Waals surface area contributed by atoms with Crippen LogP contribution in [0.25, 0.3) is 5.00 Å². The highest BCUT2D eigenvalue weighted by Gasteiger charge is 2.33. The molecule has 0 aliphatic carbocycles. The minimum absolute atomic E-state index is 0.0370. The largest absolute Gasteiger partial charge is 0.465 e. The molecule has 4 rings (SSSR count). The summed E-state index contributed by atoms with van der Waals surface area (Å²) in [4.78, 5) is 15.7. The molecular weight excluding hydrogens is 384 g/mol. The van der Waals surface area contributed by atoms with Crippen molar-refractivity contribution in [3.05, 3.63) is 63.5 Å². The van der Waals surface area contributed by atoms with Gasteiger partial charge in [0.1, 0.15) is 10.8 Å². The highest BCUT2D eigenvalue weighted by molar-refractivity contribution is 7.14. The molecule has 0 N–H and O–H groups in total. The molecule has 7 heteroatoms. The summed E-state index contributed by atoms with van der Waals surface area (Å²) >= 11 is 1.78. The van der Waals surface area contributed by atoms with Crippen LogP contribution in [-0.4, -0.2) is 38.8 Å². The average Bonchev–Trinajstić information content (AvgIpc) is 3.19. The van der Waals surface area contributed by atoms with Gasteiger partial charge in [0.15, 0.2) is 5.82 Å². The van der Waals surface area contributed by atoms with Crippen molar-refractivity contribution in [3.8, 4) is 5.00 Å². The summed E-state index contributed by atoms with van der Waals surface area (Å²) in [6.45, 7) is 9.39. The predicted octanol–water partition coefficient (Wildman–Crippen LogP) is 3.98. The molecule has 1 atom stereocenters. The van der Waals surface area contributed by atoms with Crippen molar-refractivity contribution in [1.29, 1.82) is 0 Å². The Labute approximate surface area is 175 Å². The third-order valence-electron chi connectivity index (χ3n) is 5.49. The fraction of sp³-hybridized carbons (Fsp3) is 0.409. The number of ether oxygens (including phenoxy) is 1. The van der Waals surface area contributed by atoms with Crippen LogP contribution < -0.4 is 0 Å². The lowest BCUT2D eigenvalue weighted by Gasteiger charge is -2.25. The fourth-order valence-electron chi connectivity index (χ4n) is 3.95. The lowest BCUT2D eigenvalue weighted by atomic mass is 10.0. The molecule has 1 aliphatic heterocycles. The van der Waals surface area contributed by atoms with Gasteiger partial charge in [0, 0.05) is 17.0 Å². The minimum atomic E-state index is -0.206. The van der Waals surface area contributed by atoms with Gasteiger partial charge in [0.25, 0.3) is 0 Å². The number of aromatic nitrogens is 3. The number of hydrogen-bond acceptors (Lipinski definition) is 6. The van der Waals surface area contributed by atoms with Gasteiger partial charge in [0.2, 0.25) is 0 Å². The Kier molecular flexibility index (Phi) is 5.52. The highest BCUT2D eigenvalue weighted by Crippen LogP contribution is 2.39. The number of nitrogens with zero attached hydrogens (tertiary/aromatic N) is 4. The van der Waals surface area contributed by atoms with E-state index >= 15 is 0 Å². The molecule has 6 nitrogen and oxygen atoms in total. The Bertz CT molecular complexity index is 1030. The summed E-state index contributed by atoms with van der Waals surface area (Å²) in [6, 6.07) is 10.5. The summed E-state index contributed by atoms with van der Waals surface area (Å²) in [5.41, 5.74) is 3.87. The van der Waals surface area contributed by atoms with E-state index in [1.54, 1.807) is 11.3 Å². The Morgan fingerprint density at radius 2 is 2.00 bits per heavy atom. The molecule has 0 amide bonds. The van der Waals surface area contributed by atoms with Gasteiger partial charge in [-0.05, 0) is 45.2 Å². The van der Waals surface area contributed by atoms with Crippen LogP contribution in [0.4, 0.5) is 0 Å². The van der Waals surface area contributed by atoms with Crippen molar-refractivity contribution >= 4 is 17.3 Å². The normalized spacial score (nSPS) is 16.2. The number of thiophene rings is 1. The number of esters is 1. The third kappa shape index (κ3) is 3.72. The van der Waals surface area contributed by atoms with Gasteiger partial charge < -0.3 is 4.74 Å². The predicted molar refractivity (Wildman–Crippen MR) is 113 cm³/mol. The minimum Gasteiger partial charge on any atom is -0.465 e. The van der Waals surface area contributed by atoms with E-state index in [0.29, 0.717) is 13.2 Å². The second-order valence-electron chi connectivity index (χ2n) is 7.41. The van der Waals surface area contributed by atoms with Crippen molar-refractivity contribution in [3.63, 3.8) is 0 Å². The summed E-state index contributed by atoms with van der Waals surface area (Å²) in [5, 5.41) is 9.96. The molecule has 0 spiro atoms. The van der Waals surface area contributed by atoms with Crippen LogP contribution in [0, 0.1) is 13.8 Å². The maximum absolute atomic E-state index is 12.3. The van der Waals surface area contributed by atoms with E-state index in [2.05, 4.69) is 57.8 Å². The van der Waals surface area contributed by atoms with Gasteiger partial charge in [0.05, 0.1) is 19.2 Å². The van der Waals surface area contributed by atoms with Crippen molar-refractivity contribution < 1.29 is 9.53 Å². The van der Waals surface area contributed by atoms with Crippen molar-refractivity contribution in [2.24, 2.45) is 0 Å². The first-order chi connectivity index (χ1) is 14.0. The topological polar surface area (TPSA) is 60.2 Å². The Morgan fingerprint density at radius 3 is 2.72 bits per heavy atom. The third-order valence-corrected chi connectivity index (χ3v) is 6.67. The van der Waals surface area contributed by atoms with Gasteiger partial charge in [-0.15, -0.1) is 21.5 Å². The van der Waals surface area contributed by atoms with Crippen LogP contribution in [0.1, 0.15) is 53.1 Å². The number of fused-ring (bicyclic) bond motifs is 3. The van der Waals surface area contributed by atoms with Crippen LogP contribution in [0.3, 0.4) is 0 Å². The zero-order chi connectivity index (χ0) is 20.5. The van der Waals surface area contributed by atoms with Gasteiger partial charge in [-0.2, -0.15) is 0 Å². The number of benzene rings is 1. The van der Waals surface area contributed by atoms with Gasteiger partial charge >= 0.3 is 5.97 Å². The monoisotopic (exact) mass is 410 g/mol. The van der Waals surface area contributed by atoms with E-state index in [4.69, 9.17) is 4.74 Å². The van der Waals surface area contributed by atoms with E-state index in [0.717, 1.165) is 18.1 Å². The standard InChI is InChI=1S/C22H26N4O2S/c1-5-28-20(27)13-25-12-19-18(11-17-9-7-6-8-10-17)15(3)29-22(19)26-16(4)23-24-21(26)14(25)2/h6-10,14H,5,11-13H2,1-4H3/t14-/m0/s1. The number of aryl methyl sites for hydroxylation is 2. The first kappa shape index (κ1) is 19.8. The Balaban J connectivity index is 1.80. The smallest absolute Gasteiger partial charge is 0.320 e. The molecule has 1 aromatic carbocycles. The van der Waals surface area contributed by atoms with Crippen LogP contribution in [-0.2, 0) is 22.5 Å². The maximum atomic E-state index is 12.3. The molecule has 29 heavy (non-hydrogen) atoms. The van der Waals surface area contributed by atoms with Crippen LogP contribution >= 0.6 is 11.3 Å².